The minimum atomic E-state index is 0. The van der Waals surface area contributed by atoms with Gasteiger partial charge in [0.25, 0.3) is 0 Å². The normalized spacial score (nSPS) is 8.11. The number of aromatic nitrogens is 1. The standard InChI is InChI=1S/C6H8N2.BrH/c7-4-6-2-1-3-8-5-6;/h1-3,5H,4,7H2;1H. The van der Waals surface area contributed by atoms with E-state index in [4.69, 9.17) is 5.73 Å². The van der Waals surface area contributed by atoms with Crippen LogP contribution >= 0.6 is 17.0 Å². The molecule has 0 spiro atoms. The van der Waals surface area contributed by atoms with Crippen LogP contribution in [0, 0.1) is 0 Å². The molecule has 0 aliphatic heterocycles. The van der Waals surface area contributed by atoms with Gasteiger partial charge in [-0.05, 0) is 11.6 Å². The van der Waals surface area contributed by atoms with E-state index in [2.05, 4.69) is 4.98 Å². The van der Waals surface area contributed by atoms with Crippen molar-refractivity contribution in [3.8, 4) is 0 Å². The van der Waals surface area contributed by atoms with E-state index in [1.807, 2.05) is 12.1 Å². The van der Waals surface area contributed by atoms with Crippen LogP contribution in [0.25, 0.3) is 0 Å². The quantitative estimate of drug-likeness (QED) is 0.718. The van der Waals surface area contributed by atoms with Gasteiger partial charge in [0.2, 0.25) is 0 Å². The molecule has 1 rings (SSSR count). The molecular weight excluding hydrogens is 180 g/mol. The van der Waals surface area contributed by atoms with Crippen LogP contribution in [0.5, 0.6) is 0 Å². The maximum atomic E-state index is 5.31. The summed E-state index contributed by atoms with van der Waals surface area (Å²) in [5.41, 5.74) is 6.39. The lowest BCUT2D eigenvalue weighted by molar-refractivity contribution is 1.05. The van der Waals surface area contributed by atoms with Crippen molar-refractivity contribution >= 4 is 17.0 Å². The van der Waals surface area contributed by atoms with Gasteiger partial charge >= 0.3 is 0 Å². The Balaban J connectivity index is 0.000000640. The molecule has 0 aliphatic rings. The third-order valence-electron chi connectivity index (χ3n) is 0.958. The second-order valence-corrected chi connectivity index (χ2v) is 1.57. The third-order valence-corrected chi connectivity index (χ3v) is 0.958. The molecule has 0 bridgehead atoms. The van der Waals surface area contributed by atoms with Crippen molar-refractivity contribution in [2.45, 2.75) is 6.54 Å². The Morgan fingerprint density at radius 1 is 1.56 bits per heavy atom. The van der Waals surface area contributed by atoms with Crippen LogP contribution in [0.2, 0.25) is 0 Å². The fraction of sp³-hybridized carbons (Fsp3) is 0.167. The number of halogens is 1. The molecule has 9 heavy (non-hydrogen) atoms. The fourth-order valence-corrected chi connectivity index (χ4v) is 0.519. The molecule has 1 heterocycles. The smallest absolute Gasteiger partial charge is 0.0312 e. The lowest BCUT2D eigenvalue weighted by Gasteiger charge is -1.89. The van der Waals surface area contributed by atoms with Gasteiger partial charge in [-0.15, -0.1) is 17.0 Å². The highest BCUT2D eigenvalue weighted by Gasteiger charge is 1.81. The number of nitrogens with zero attached hydrogens (tertiary/aromatic N) is 1. The highest BCUT2D eigenvalue weighted by molar-refractivity contribution is 8.93. The molecule has 0 aliphatic carbocycles. The Bertz CT molecular complexity index is 152. The minimum Gasteiger partial charge on any atom is -0.326 e. The first-order valence-electron chi connectivity index (χ1n) is 2.52. The van der Waals surface area contributed by atoms with Crippen molar-refractivity contribution in [3.63, 3.8) is 0 Å². The zero-order valence-electron chi connectivity index (χ0n) is 4.95. The molecule has 0 atom stereocenters. The fourth-order valence-electron chi connectivity index (χ4n) is 0.519. The summed E-state index contributed by atoms with van der Waals surface area (Å²) in [5, 5.41) is 0. The monoisotopic (exact) mass is 188 g/mol. The first-order chi connectivity index (χ1) is 3.93. The molecule has 0 fully saturated rings. The summed E-state index contributed by atoms with van der Waals surface area (Å²) >= 11 is 0. The Morgan fingerprint density at radius 2 is 2.33 bits per heavy atom. The van der Waals surface area contributed by atoms with Crippen LogP contribution in [0.4, 0.5) is 0 Å². The van der Waals surface area contributed by atoms with Gasteiger partial charge in [0.15, 0.2) is 0 Å². The minimum absolute atomic E-state index is 0. The summed E-state index contributed by atoms with van der Waals surface area (Å²) < 4.78 is 0. The predicted molar refractivity (Wildman–Crippen MR) is 42.5 cm³/mol. The number of pyridine rings is 1. The van der Waals surface area contributed by atoms with Crippen molar-refractivity contribution in [3.05, 3.63) is 30.1 Å². The lowest BCUT2D eigenvalue weighted by atomic mass is 10.3. The number of rotatable bonds is 1. The predicted octanol–water partition coefficient (Wildman–Crippen LogP) is 1.12. The maximum Gasteiger partial charge on any atom is 0.0312 e. The van der Waals surface area contributed by atoms with Gasteiger partial charge in [-0.25, -0.2) is 0 Å². The Kier molecular flexibility index (Phi) is 4.26. The Hall–Kier alpha value is -0.410. The molecule has 2 N–H and O–H groups in total. The Morgan fingerprint density at radius 3 is 2.67 bits per heavy atom. The zero-order valence-corrected chi connectivity index (χ0v) is 6.66. The van der Waals surface area contributed by atoms with Gasteiger partial charge < -0.3 is 5.73 Å². The van der Waals surface area contributed by atoms with Crippen molar-refractivity contribution in [2.24, 2.45) is 5.73 Å². The molecule has 0 saturated carbocycles. The molecule has 0 saturated heterocycles. The summed E-state index contributed by atoms with van der Waals surface area (Å²) in [6.07, 6.45) is 3.50. The van der Waals surface area contributed by atoms with Crippen LogP contribution in [0.15, 0.2) is 24.5 Å². The molecular formula is C6H9BrN2. The molecule has 0 radical (unpaired) electrons. The molecule has 0 unspecified atom stereocenters. The molecule has 3 heteroatoms. The molecule has 0 amide bonds. The summed E-state index contributed by atoms with van der Waals surface area (Å²) in [6, 6.07) is 3.83. The van der Waals surface area contributed by atoms with Gasteiger partial charge in [-0.2, -0.15) is 0 Å². The SMILES string of the molecule is Br.NCc1cccnc1. The van der Waals surface area contributed by atoms with Crippen LogP contribution in [0.1, 0.15) is 5.56 Å². The van der Waals surface area contributed by atoms with Gasteiger partial charge in [-0.3, -0.25) is 4.98 Å². The van der Waals surface area contributed by atoms with Crippen molar-refractivity contribution in [2.75, 3.05) is 0 Å². The molecule has 1 aromatic rings. The lowest BCUT2D eigenvalue weighted by Crippen LogP contribution is -1.95. The van der Waals surface area contributed by atoms with E-state index < -0.39 is 0 Å². The number of hydrogen-bond donors (Lipinski definition) is 1. The maximum absolute atomic E-state index is 5.31. The van der Waals surface area contributed by atoms with Crippen molar-refractivity contribution in [1.29, 1.82) is 0 Å². The van der Waals surface area contributed by atoms with Gasteiger partial charge in [0.05, 0.1) is 0 Å². The molecule has 1 aromatic heterocycles. The topological polar surface area (TPSA) is 38.9 Å². The first kappa shape index (κ1) is 8.59. The summed E-state index contributed by atoms with van der Waals surface area (Å²) in [5.74, 6) is 0. The van der Waals surface area contributed by atoms with Crippen molar-refractivity contribution < 1.29 is 0 Å². The highest BCUT2D eigenvalue weighted by Crippen LogP contribution is 1.90. The molecule has 2 nitrogen and oxygen atoms in total. The van der Waals surface area contributed by atoms with E-state index in [-0.39, 0.29) is 17.0 Å². The van der Waals surface area contributed by atoms with Gasteiger partial charge in [-0.1, -0.05) is 6.07 Å². The number of hydrogen-bond acceptors (Lipinski definition) is 2. The summed E-state index contributed by atoms with van der Waals surface area (Å²) in [6.45, 7) is 0.577. The van der Waals surface area contributed by atoms with Crippen LogP contribution in [-0.2, 0) is 6.54 Å². The van der Waals surface area contributed by atoms with Gasteiger partial charge in [0.1, 0.15) is 0 Å². The largest absolute Gasteiger partial charge is 0.326 e. The Labute approximate surface area is 64.9 Å². The zero-order chi connectivity index (χ0) is 5.82. The van der Waals surface area contributed by atoms with Crippen LogP contribution < -0.4 is 5.73 Å². The third kappa shape index (κ3) is 2.58. The molecule has 50 valence electrons. The van der Waals surface area contributed by atoms with E-state index in [1.54, 1.807) is 12.4 Å². The van der Waals surface area contributed by atoms with Crippen LogP contribution in [0.3, 0.4) is 0 Å². The van der Waals surface area contributed by atoms with E-state index >= 15 is 0 Å². The van der Waals surface area contributed by atoms with Gasteiger partial charge in [0, 0.05) is 18.9 Å². The van der Waals surface area contributed by atoms with Crippen LogP contribution in [-0.4, -0.2) is 4.98 Å². The van der Waals surface area contributed by atoms with E-state index in [0.29, 0.717) is 6.54 Å². The average molecular weight is 189 g/mol. The average Bonchev–Trinajstić information content (AvgIpc) is 1.90. The second-order valence-electron chi connectivity index (χ2n) is 1.57. The highest BCUT2D eigenvalue weighted by atomic mass is 79.9. The second kappa shape index (κ2) is 4.47. The van der Waals surface area contributed by atoms with E-state index in [1.165, 1.54) is 0 Å². The number of nitrogens with two attached hydrogens (primary N) is 1. The van der Waals surface area contributed by atoms with Crippen molar-refractivity contribution in [1.82, 2.24) is 4.98 Å². The summed E-state index contributed by atoms with van der Waals surface area (Å²) in [7, 11) is 0. The van der Waals surface area contributed by atoms with E-state index in [0.717, 1.165) is 5.56 Å². The van der Waals surface area contributed by atoms with E-state index in [9.17, 15) is 0 Å². The summed E-state index contributed by atoms with van der Waals surface area (Å²) in [4.78, 5) is 3.88. The molecule has 0 aromatic carbocycles. The first-order valence-corrected chi connectivity index (χ1v) is 2.52.